The highest BCUT2D eigenvalue weighted by Gasteiger charge is 2.30. The molecule has 0 unspecified atom stereocenters. The van der Waals surface area contributed by atoms with E-state index in [2.05, 4.69) is 5.32 Å². The number of hydrogen-bond donors (Lipinski definition) is 1. The van der Waals surface area contributed by atoms with E-state index in [1.54, 1.807) is 7.11 Å². The molecule has 3 rings (SSSR count). The number of carbonyl (C=O) groups excluding carboxylic acids is 1. The maximum Gasteiger partial charge on any atom is 0.223 e. The van der Waals surface area contributed by atoms with Crippen LogP contribution >= 0.6 is 0 Å². The van der Waals surface area contributed by atoms with Gasteiger partial charge in [-0.05, 0) is 25.0 Å². The van der Waals surface area contributed by atoms with Gasteiger partial charge in [-0.2, -0.15) is 0 Å². The van der Waals surface area contributed by atoms with Crippen molar-refractivity contribution in [3.8, 4) is 0 Å². The molecule has 1 aromatic heterocycles. The largest absolute Gasteiger partial charge is 0.458 e. The molecular formula is C15H17NO3. The Balaban J connectivity index is 1.71. The highest BCUT2D eigenvalue weighted by atomic mass is 16.5. The minimum Gasteiger partial charge on any atom is -0.458 e. The van der Waals surface area contributed by atoms with Crippen LogP contribution in [0.5, 0.6) is 0 Å². The summed E-state index contributed by atoms with van der Waals surface area (Å²) in [6, 6.07) is 9.80. The second-order valence-electron chi connectivity index (χ2n) is 4.93. The molecule has 0 radical (unpaired) electrons. The summed E-state index contributed by atoms with van der Waals surface area (Å²) in [5.74, 6) is 1.09. The first-order chi connectivity index (χ1) is 9.28. The van der Waals surface area contributed by atoms with E-state index in [1.807, 2.05) is 30.3 Å². The van der Waals surface area contributed by atoms with Gasteiger partial charge in [0.15, 0.2) is 0 Å². The molecule has 2 aromatic rings. The standard InChI is InChI=1S/C15H17NO3/c1-18-14(9-16-15(17)10-6-7-10)13-8-11-4-2-3-5-12(11)19-13/h2-5,8,10,14H,6-7,9H2,1H3,(H,16,17)/t14-/m1/s1. The summed E-state index contributed by atoms with van der Waals surface area (Å²) in [6.45, 7) is 0.450. The third-order valence-electron chi connectivity index (χ3n) is 3.46. The van der Waals surface area contributed by atoms with Crippen molar-refractivity contribution in [2.75, 3.05) is 13.7 Å². The van der Waals surface area contributed by atoms with Crippen molar-refractivity contribution in [3.05, 3.63) is 36.1 Å². The molecule has 0 saturated heterocycles. The number of para-hydroxylation sites is 1. The zero-order valence-electron chi connectivity index (χ0n) is 10.9. The SMILES string of the molecule is CO[C@H](CNC(=O)C1CC1)c1cc2ccccc2o1. The van der Waals surface area contributed by atoms with Gasteiger partial charge in [-0.3, -0.25) is 4.79 Å². The molecule has 4 nitrogen and oxygen atoms in total. The highest BCUT2D eigenvalue weighted by Crippen LogP contribution is 2.29. The summed E-state index contributed by atoms with van der Waals surface area (Å²) >= 11 is 0. The molecular weight excluding hydrogens is 242 g/mol. The molecule has 1 fully saturated rings. The van der Waals surface area contributed by atoms with Gasteiger partial charge < -0.3 is 14.5 Å². The molecule has 1 saturated carbocycles. The van der Waals surface area contributed by atoms with Crippen LogP contribution in [0.25, 0.3) is 11.0 Å². The molecule has 4 heteroatoms. The van der Waals surface area contributed by atoms with Gasteiger partial charge in [-0.15, -0.1) is 0 Å². The van der Waals surface area contributed by atoms with E-state index in [9.17, 15) is 4.79 Å². The maximum atomic E-state index is 11.6. The second-order valence-corrected chi connectivity index (χ2v) is 4.93. The second kappa shape index (κ2) is 5.05. The van der Waals surface area contributed by atoms with E-state index in [1.165, 1.54) is 0 Å². The number of benzene rings is 1. The Morgan fingerprint density at radius 1 is 1.47 bits per heavy atom. The predicted octanol–water partition coefficient (Wildman–Crippen LogP) is 2.65. The Kier molecular flexibility index (Phi) is 3.25. The molecule has 0 spiro atoms. The van der Waals surface area contributed by atoms with Crippen LogP contribution in [0, 0.1) is 5.92 Å². The average Bonchev–Trinajstić information content (AvgIpc) is 3.19. The third kappa shape index (κ3) is 2.63. The number of nitrogens with one attached hydrogen (secondary N) is 1. The van der Waals surface area contributed by atoms with Gasteiger partial charge in [0, 0.05) is 18.4 Å². The molecule has 1 N–H and O–H groups in total. The zero-order chi connectivity index (χ0) is 13.2. The van der Waals surface area contributed by atoms with Gasteiger partial charge in [0.05, 0.1) is 6.54 Å². The van der Waals surface area contributed by atoms with E-state index in [-0.39, 0.29) is 17.9 Å². The summed E-state index contributed by atoms with van der Waals surface area (Å²) in [4.78, 5) is 11.6. The van der Waals surface area contributed by atoms with E-state index >= 15 is 0 Å². The third-order valence-corrected chi connectivity index (χ3v) is 3.46. The van der Waals surface area contributed by atoms with Gasteiger partial charge in [-0.25, -0.2) is 0 Å². The lowest BCUT2D eigenvalue weighted by atomic mass is 10.2. The van der Waals surface area contributed by atoms with Crippen molar-refractivity contribution in [1.82, 2.24) is 5.32 Å². The number of rotatable bonds is 5. The first-order valence-electron chi connectivity index (χ1n) is 6.57. The fraction of sp³-hybridized carbons (Fsp3) is 0.400. The van der Waals surface area contributed by atoms with Crippen LogP contribution < -0.4 is 5.32 Å². The predicted molar refractivity (Wildman–Crippen MR) is 71.7 cm³/mol. The summed E-state index contributed by atoms with van der Waals surface area (Å²) in [5.41, 5.74) is 0.841. The summed E-state index contributed by atoms with van der Waals surface area (Å²) < 4.78 is 11.2. The first kappa shape index (κ1) is 12.2. The van der Waals surface area contributed by atoms with Gasteiger partial charge >= 0.3 is 0 Å². The molecule has 1 atom stereocenters. The van der Waals surface area contributed by atoms with Gasteiger partial charge in [0.25, 0.3) is 0 Å². The van der Waals surface area contributed by atoms with E-state index in [0.29, 0.717) is 6.54 Å². The van der Waals surface area contributed by atoms with Crippen molar-refractivity contribution in [1.29, 1.82) is 0 Å². The van der Waals surface area contributed by atoms with Crippen LogP contribution in [0.4, 0.5) is 0 Å². The summed E-state index contributed by atoms with van der Waals surface area (Å²) in [6.07, 6.45) is 1.78. The van der Waals surface area contributed by atoms with Crippen molar-refractivity contribution >= 4 is 16.9 Å². The monoisotopic (exact) mass is 259 g/mol. The molecule has 1 aliphatic rings. The Labute approximate surface area is 111 Å². The Morgan fingerprint density at radius 2 is 2.26 bits per heavy atom. The minimum absolute atomic E-state index is 0.123. The van der Waals surface area contributed by atoms with Crippen LogP contribution in [0.3, 0.4) is 0 Å². The molecule has 1 aliphatic carbocycles. The van der Waals surface area contributed by atoms with Crippen molar-refractivity contribution in [3.63, 3.8) is 0 Å². The maximum absolute atomic E-state index is 11.6. The molecule has 0 aliphatic heterocycles. The fourth-order valence-corrected chi connectivity index (χ4v) is 2.14. The van der Waals surface area contributed by atoms with E-state index in [0.717, 1.165) is 29.6 Å². The zero-order valence-corrected chi connectivity index (χ0v) is 10.9. The topological polar surface area (TPSA) is 51.5 Å². The molecule has 0 bridgehead atoms. The number of furan rings is 1. The number of methoxy groups -OCH3 is 1. The number of hydrogen-bond acceptors (Lipinski definition) is 3. The minimum atomic E-state index is -0.241. The first-order valence-corrected chi connectivity index (χ1v) is 6.57. The Morgan fingerprint density at radius 3 is 2.95 bits per heavy atom. The lowest BCUT2D eigenvalue weighted by Gasteiger charge is -2.13. The van der Waals surface area contributed by atoms with Crippen LogP contribution in [0.2, 0.25) is 0 Å². The highest BCUT2D eigenvalue weighted by molar-refractivity contribution is 5.81. The summed E-state index contributed by atoms with van der Waals surface area (Å²) in [7, 11) is 1.63. The lowest BCUT2D eigenvalue weighted by molar-refractivity contribution is -0.122. The number of ether oxygens (including phenoxy) is 1. The number of fused-ring (bicyclic) bond motifs is 1. The number of amides is 1. The van der Waals surface area contributed by atoms with Crippen LogP contribution in [-0.2, 0) is 9.53 Å². The summed E-state index contributed by atoms with van der Waals surface area (Å²) in [5, 5.41) is 3.96. The lowest BCUT2D eigenvalue weighted by Crippen LogP contribution is -2.30. The van der Waals surface area contributed by atoms with E-state index < -0.39 is 0 Å². The normalized spacial score (nSPS) is 16.5. The van der Waals surface area contributed by atoms with Crippen molar-refractivity contribution < 1.29 is 13.9 Å². The van der Waals surface area contributed by atoms with Crippen molar-refractivity contribution in [2.45, 2.75) is 18.9 Å². The van der Waals surface area contributed by atoms with E-state index in [4.69, 9.17) is 9.15 Å². The quantitative estimate of drug-likeness (QED) is 0.898. The Hall–Kier alpha value is -1.81. The smallest absolute Gasteiger partial charge is 0.223 e. The number of carbonyl (C=O) groups is 1. The molecule has 100 valence electrons. The van der Waals surface area contributed by atoms with Gasteiger partial charge in [-0.1, -0.05) is 18.2 Å². The van der Waals surface area contributed by atoms with Crippen LogP contribution in [-0.4, -0.2) is 19.6 Å². The molecule has 1 amide bonds. The fourth-order valence-electron chi connectivity index (χ4n) is 2.14. The van der Waals surface area contributed by atoms with Crippen LogP contribution in [0.15, 0.2) is 34.7 Å². The molecule has 1 heterocycles. The Bertz CT molecular complexity index is 553. The van der Waals surface area contributed by atoms with Gasteiger partial charge in [0.2, 0.25) is 5.91 Å². The van der Waals surface area contributed by atoms with Crippen molar-refractivity contribution in [2.24, 2.45) is 5.92 Å². The van der Waals surface area contributed by atoms with Gasteiger partial charge in [0.1, 0.15) is 17.4 Å². The molecule has 19 heavy (non-hydrogen) atoms. The average molecular weight is 259 g/mol. The molecule has 1 aromatic carbocycles. The van der Waals surface area contributed by atoms with Crippen LogP contribution in [0.1, 0.15) is 24.7 Å².